The van der Waals surface area contributed by atoms with E-state index in [9.17, 15) is 15.0 Å². The first-order valence-electron chi connectivity index (χ1n) is 6.17. The summed E-state index contributed by atoms with van der Waals surface area (Å²) in [6, 6.07) is 11.2. The fourth-order valence-electron chi connectivity index (χ4n) is 1.82. The van der Waals surface area contributed by atoms with E-state index in [0.717, 1.165) is 11.1 Å². The van der Waals surface area contributed by atoms with Crippen LogP contribution in [-0.4, -0.2) is 21.1 Å². The van der Waals surface area contributed by atoms with E-state index in [4.69, 9.17) is 18.0 Å². The third kappa shape index (κ3) is 3.49. The van der Waals surface area contributed by atoms with Crippen LogP contribution < -0.4 is 11.1 Å². The van der Waals surface area contributed by atoms with Gasteiger partial charge in [-0.15, -0.1) is 0 Å². The van der Waals surface area contributed by atoms with Crippen LogP contribution in [-0.2, 0) is 6.54 Å². The number of amides is 1. The number of benzene rings is 2. The fraction of sp³-hybridized carbons (Fsp3) is 0.0667. The lowest BCUT2D eigenvalue weighted by Gasteiger charge is -2.09. The Balaban J connectivity index is 2.06. The molecule has 2 aromatic carbocycles. The third-order valence-corrected chi connectivity index (χ3v) is 3.17. The van der Waals surface area contributed by atoms with Crippen LogP contribution in [0, 0.1) is 0 Å². The zero-order valence-corrected chi connectivity index (χ0v) is 11.9. The zero-order valence-electron chi connectivity index (χ0n) is 11.0. The average Bonchev–Trinajstić information content (AvgIpc) is 2.45. The molecule has 6 heteroatoms. The molecule has 0 bridgehead atoms. The van der Waals surface area contributed by atoms with Gasteiger partial charge in [0.15, 0.2) is 0 Å². The minimum atomic E-state index is -0.552. The molecule has 21 heavy (non-hydrogen) atoms. The molecule has 0 aliphatic heterocycles. The van der Waals surface area contributed by atoms with Crippen LogP contribution in [0.5, 0.6) is 11.5 Å². The van der Waals surface area contributed by atoms with Gasteiger partial charge in [-0.05, 0) is 17.7 Å². The maximum absolute atomic E-state index is 12.0. The Morgan fingerprint density at radius 3 is 2.19 bits per heavy atom. The summed E-state index contributed by atoms with van der Waals surface area (Å²) < 4.78 is 0. The molecule has 0 saturated heterocycles. The molecule has 2 rings (SSSR count). The second-order valence-electron chi connectivity index (χ2n) is 4.42. The van der Waals surface area contributed by atoms with Crippen LogP contribution in [0.15, 0.2) is 42.5 Å². The van der Waals surface area contributed by atoms with Crippen LogP contribution in [0.25, 0.3) is 0 Å². The van der Waals surface area contributed by atoms with Crippen molar-refractivity contribution in [3.05, 3.63) is 59.2 Å². The van der Waals surface area contributed by atoms with Crippen molar-refractivity contribution in [2.75, 3.05) is 0 Å². The molecule has 0 spiro atoms. The van der Waals surface area contributed by atoms with E-state index in [1.165, 1.54) is 18.2 Å². The summed E-state index contributed by atoms with van der Waals surface area (Å²) in [6.07, 6.45) is 0. The van der Waals surface area contributed by atoms with E-state index in [1.54, 1.807) is 24.3 Å². The number of nitrogens with two attached hydrogens (primary N) is 1. The first-order valence-corrected chi connectivity index (χ1v) is 6.57. The van der Waals surface area contributed by atoms with Gasteiger partial charge in [0.1, 0.15) is 22.1 Å². The second kappa shape index (κ2) is 6.23. The molecule has 5 nitrogen and oxygen atoms in total. The number of phenols is 2. The molecule has 0 unspecified atom stereocenters. The number of thiocarbonyl (C=S) groups is 1. The van der Waals surface area contributed by atoms with Gasteiger partial charge < -0.3 is 21.3 Å². The van der Waals surface area contributed by atoms with Gasteiger partial charge in [-0.25, -0.2) is 0 Å². The van der Waals surface area contributed by atoms with Gasteiger partial charge in [0.05, 0.1) is 0 Å². The maximum Gasteiger partial charge on any atom is 0.259 e. The highest BCUT2D eigenvalue weighted by Crippen LogP contribution is 2.25. The summed E-state index contributed by atoms with van der Waals surface area (Å²) in [7, 11) is 0. The third-order valence-electron chi connectivity index (χ3n) is 2.94. The quantitative estimate of drug-likeness (QED) is 0.644. The molecule has 0 fully saturated rings. The van der Waals surface area contributed by atoms with E-state index < -0.39 is 5.91 Å². The number of aromatic hydroxyl groups is 2. The van der Waals surface area contributed by atoms with Gasteiger partial charge in [-0.1, -0.05) is 42.5 Å². The lowest BCUT2D eigenvalue weighted by atomic mass is 10.1. The Labute approximate surface area is 127 Å². The van der Waals surface area contributed by atoms with E-state index in [-0.39, 0.29) is 23.6 Å². The fourth-order valence-corrected chi connectivity index (χ4v) is 1.95. The predicted octanol–water partition coefficient (Wildman–Crippen LogP) is 1.66. The van der Waals surface area contributed by atoms with Crippen LogP contribution in [0.1, 0.15) is 21.5 Å². The average molecular weight is 302 g/mol. The number of carbonyl (C=O) groups excluding carboxylic acids is 1. The smallest absolute Gasteiger partial charge is 0.259 e. The highest BCUT2D eigenvalue weighted by atomic mass is 32.1. The van der Waals surface area contributed by atoms with Crippen LogP contribution in [0.4, 0.5) is 0 Å². The zero-order chi connectivity index (χ0) is 15.4. The lowest BCUT2D eigenvalue weighted by Crippen LogP contribution is -2.23. The number of carbonyl (C=O) groups is 1. The molecule has 5 N–H and O–H groups in total. The molecule has 0 saturated carbocycles. The summed E-state index contributed by atoms with van der Waals surface area (Å²) in [4.78, 5) is 12.3. The largest absolute Gasteiger partial charge is 0.507 e. The van der Waals surface area contributed by atoms with Crippen LogP contribution in [0.3, 0.4) is 0 Å². The SMILES string of the molecule is NC(=S)c1ccc(CNC(=O)c2c(O)cccc2O)cc1. The summed E-state index contributed by atoms with van der Waals surface area (Å²) in [5, 5.41) is 21.8. The number of hydrogen-bond donors (Lipinski definition) is 4. The first-order chi connectivity index (χ1) is 9.99. The molecular weight excluding hydrogens is 288 g/mol. The van der Waals surface area contributed by atoms with Gasteiger partial charge >= 0.3 is 0 Å². The van der Waals surface area contributed by atoms with Crippen molar-refractivity contribution >= 4 is 23.1 Å². The molecule has 0 aliphatic carbocycles. The molecule has 0 aromatic heterocycles. The predicted molar refractivity (Wildman–Crippen MR) is 83.3 cm³/mol. The van der Waals surface area contributed by atoms with Crippen LogP contribution >= 0.6 is 12.2 Å². The lowest BCUT2D eigenvalue weighted by molar-refractivity contribution is 0.0945. The minimum Gasteiger partial charge on any atom is -0.507 e. The van der Waals surface area contributed by atoms with Gasteiger partial charge in [-0.3, -0.25) is 4.79 Å². The molecule has 0 aliphatic rings. The monoisotopic (exact) mass is 302 g/mol. The normalized spacial score (nSPS) is 10.1. The van der Waals surface area contributed by atoms with Crippen LogP contribution in [0.2, 0.25) is 0 Å². The molecule has 1 amide bonds. The van der Waals surface area contributed by atoms with Gasteiger partial charge in [0.25, 0.3) is 5.91 Å². The standard InChI is InChI=1S/C15H14N2O3S/c16-14(21)10-6-4-9(5-7-10)8-17-15(20)13-11(18)2-1-3-12(13)19/h1-7,18-19H,8H2,(H2,16,21)(H,17,20). The maximum atomic E-state index is 12.0. The van der Waals surface area contributed by atoms with E-state index in [2.05, 4.69) is 5.32 Å². The van der Waals surface area contributed by atoms with E-state index >= 15 is 0 Å². The summed E-state index contributed by atoms with van der Waals surface area (Å²) in [5.74, 6) is -1.09. The number of phenolic OH excluding ortho intramolecular Hbond substituents is 2. The molecule has 0 heterocycles. The summed E-state index contributed by atoms with van der Waals surface area (Å²) in [6.45, 7) is 0.254. The molecule has 0 radical (unpaired) electrons. The Bertz CT molecular complexity index is 664. The van der Waals surface area contributed by atoms with Gasteiger partial charge in [-0.2, -0.15) is 0 Å². The summed E-state index contributed by atoms with van der Waals surface area (Å²) in [5.41, 5.74) is 6.95. The van der Waals surface area contributed by atoms with Gasteiger partial charge in [0, 0.05) is 12.1 Å². The molecule has 0 atom stereocenters. The van der Waals surface area contributed by atoms with Crippen molar-refractivity contribution in [2.24, 2.45) is 5.73 Å². The Morgan fingerprint density at radius 1 is 1.10 bits per heavy atom. The second-order valence-corrected chi connectivity index (χ2v) is 4.85. The molecular formula is C15H14N2O3S. The first kappa shape index (κ1) is 14.8. The molecule has 2 aromatic rings. The number of hydrogen-bond acceptors (Lipinski definition) is 4. The van der Waals surface area contributed by atoms with Crippen molar-refractivity contribution in [3.8, 4) is 11.5 Å². The van der Waals surface area contributed by atoms with E-state index in [0.29, 0.717) is 4.99 Å². The highest BCUT2D eigenvalue weighted by Gasteiger charge is 2.15. The highest BCUT2D eigenvalue weighted by molar-refractivity contribution is 7.80. The Hall–Kier alpha value is -2.60. The van der Waals surface area contributed by atoms with Crippen molar-refractivity contribution in [2.45, 2.75) is 6.54 Å². The Morgan fingerprint density at radius 2 is 1.67 bits per heavy atom. The topological polar surface area (TPSA) is 95.6 Å². The number of rotatable bonds is 4. The van der Waals surface area contributed by atoms with Crippen molar-refractivity contribution < 1.29 is 15.0 Å². The van der Waals surface area contributed by atoms with Crippen molar-refractivity contribution in [3.63, 3.8) is 0 Å². The van der Waals surface area contributed by atoms with Gasteiger partial charge in [0.2, 0.25) is 0 Å². The minimum absolute atomic E-state index is 0.141. The van der Waals surface area contributed by atoms with E-state index in [1.807, 2.05) is 0 Å². The summed E-state index contributed by atoms with van der Waals surface area (Å²) >= 11 is 4.86. The van der Waals surface area contributed by atoms with Crippen molar-refractivity contribution in [1.29, 1.82) is 0 Å². The molecule has 108 valence electrons. The van der Waals surface area contributed by atoms with Crippen molar-refractivity contribution in [1.82, 2.24) is 5.32 Å². The Kier molecular flexibility index (Phi) is 4.39. The number of nitrogens with one attached hydrogen (secondary N) is 1.